The summed E-state index contributed by atoms with van der Waals surface area (Å²) in [7, 11) is 1.72. The van der Waals surface area contributed by atoms with Crippen LogP contribution in [-0.2, 0) is 0 Å². The van der Waals surface area contributed by atoms with Crippen LogP contribution < -0.4 is 4.74 Å². The lowest BCUT2D eigenvalue weighted by Gasteiger charge is -2.38. The van der Waals surface area contributed by atoms with E-state index in [1.807, 2.05) is 6.07 Å². The van der Waals surface area contributed by atoms with Gasteiger partial charge in [0.05, 0.1) is 6.51 Å². The summed E-state index contributed by atoms with van der Waals surface area (Å²) in [5.74, 6) is 0.780. The lowest BCUT2D eigenvalue weighted by molar-refractivity contribution is 0.157. The average molecular weight is 559 g/mol. The largest absolute Gasteiger partial charge is 0.500 e. The van der Waals surface area contributed by atoms with Crippen LogP contribution >= 0.6 is 0 Å². The maximum atomic E-state index is 15.3. The predicted molar refractivity (Wildman–Crippen MR) is 165 cm³/mol. The minimum Gasteiger partial charge on any atom is -0.500 e. The molecule has 2 aliphatic rings. The number of hydrogen-bond donors (Lipinski definition) is 0. The Morgan fingerprint density at radius 1 is 0.756 bits per heavy atom. The number of allylic oxidation sites excluding steroid dienone is 2. The number of hydrogen-bond acceptors (Lipinski definition) is 1. The molecule has 5 heteroatoms. The van der Waals surface area contributed by atoms with Crippen molar-refractivity contribution in [3.8, 4) is 28.0 Å². The van der Waals surface area contributed by atoms with E-state index in [-0.39, 0.29) is 23.6 Å². The van der Waals surface area contributed by atoms with Crippen molar-refractivity contribution in [2.75, 3.05) is 6.51 Å². The molecule has 3 aromatic carbocycles. The Balaban J connectivity index is 1.18. The fourth-order valence-electron chi connectivity index (χ4n) is 7.24. The van der Waals surface area contributed by atoms with Crippen molar-refractivity contribution in [1.29, 1.82) is 0 Å². The molecule has 0 radical (unpaired) electrons. The molecule has 0 bridgehead atoms. The van der Waals surface area contributed by atoms with Gasteiger partial charge in [-0.2, -0.15) is 4.39 Å². The topological polar surface area (TPSA) is 9.23 Å². The van der Waals surface area contributed by atoms with Crippen molar-refractivity contribution < 1.29 is 17.9 Å². The lowest BCUT2D eigenvalue weighted by Crippen LogP contribution is -2.25. The highest BCUT2D eigenvalue weighted by Crippen LogP contribution is 2.45. The van der Waals surface area contributed by atoms with Gasteiger partial charge in [0.1, 0.15) is 5.82 Å². The van der Waals surface area contributed by atoms with Crippen molar-refractivity contribution in [2.24, 2.45) is 17.8 Å². The minimum absolute atomic E-state index is 0.0978. The van der Waals surface area contributed by atoms with Crippen LogP contribution in [0.3, 0.4) is 0 Å². The summed E-state index contributed by atoms with van der Waals surface area (Å²) in [5.41, 5.74) is 3.03. The Hall–Kier alpha value is -2.95. The van der Waals surface area contributed by atoms with E-state index >= 15 is 4.39 Å². The first-order chi connectivity index (χ1) is 20.0. The van der Waals surface area contributed by atoms with Crippen molar-refractivity contribution >= 4 is 7.85 Å². The number of halogens is 3. The Morgan fingerprint density at radius 2 is 1.37 bits per heavy atom. The average Bonchev–Trinajstić information content (AvgIpc) is 3.00. The van der Waals surface area contributed by atoms with Crippen LogP contribution in [0.5, 0.6) is 5.75 Å². The minimum atomic E-state index is -0.993. The highest BCUT2D eigenvalue weighted by molar-refractivity contribution is 6.08. The fourth-order valence-corrected chi connectivity index (χ4v) is 7.24. The Bertz CT molecular complexity index is 1320. The summed E-state index contributed by atoms with van der Waals surface area (Å²) in [4.78, 5) is 0. The Kier molecular flexibility index (Phi) is 9.95. The summed E-state index contributed by atoms with van der Waals surface area (Å²) < 4.78 is 49.5. The second kappa shape index (κ2) is 13.8. The second-order valence-electron chi connectivity index (χ2n) is 12.0. The summed E-state index contributed by atoms with van der Waals surface area (Å²) in [5, 5.41) is 0. The van der Waals surface area contributed by atoms with Crippen LogP contribution in [0.1, 0.15) is 82.6 Å². The molecule has 216 valence electrons. The van der Waals surface area contributed by atoms with Crippen LogP contribution in [0.2, 0.25) is 0 Å². The molecular weight excluding hydrogens is 516 g/mol. The number of benzene rings is 3. The molecule has 3 aromatic rings. The van der Waals surface area contributed by atoms with E-state index in [0.717, 1.165) is 41.7 Å². The maximum Gasteiger partial charge on any atom is 0.201 e. The van der Waals surface area contributed by atoms with Gasteiger partial charge in [-0.25, -0.2) is 8.78 Å². The van der Waals surface area contributed by atoms with Gasteiger partial charge in [-0.05, 0) is 117 Å². The molecule has 0 aromatic heterocycles. The zero-order valence-electron chi connectivity index (χ0n) is 24.5. The van der Waals surface area contributed by atoms with Crippen molar-refractivity contribution in [3.63, 3.8) is 0 Å². The molecule has 0 N–H and O–H groups in total. The molecular formula is C36H42BF3O. The van der Waals surface area contributed by atoms with E-state index in [1.165, 1.54) is 63.5 Å². The molecule has 0 amide bonds. The lowest BCUT2D eigenvalue weighted by atomic mass is 9.68. The summed E-state index contributed by atoms with van der Waals surface area (Å²) in [6, 6.07) is 15.6. The first-order valence-electron chi connectivity index (χ1n) is 15.6. The van der Waals surface area contributed by atoms with E-state index in [2.05, 4.69) is 25.1 Å². The van der Waals surface area contributed by atoms with E-state index in [1.54, 1.807) is 38.2 Å². The Morgan fingerprint density at radius 3 is 1.98 bits per heavy atom. The molecule has 0 atom stereocenters. The molecule has 0 unspecified atom stereocenters. The molecule has 5 rings (SSSR count). The van der Waals surface area contributed by atoms with E-state index in [0.29, 0.717) is 17.0 Å². The van der Waals surface area contributed by atoms with Crippen LogP contribution in [0.4, 0.5) is 13.2 Å². The van der Waals surface area contributed by atoms with Crippen molar-refractivity contribution in [3.05, 3.63) is 89.8 Å². The monoisotopic (exact) mass is 558 g/mol. The van der Waals surface area contributed by atoms with E-state index < -0.39 is 11.6 Å². The molecule has 2 saturated carbocycles. The standard InChI is InChI=1S/C36H42BF3O/c1-2-3-4-5-24-6-8-25(9-7-24)26-10-12-27(13-11-26)30-18-19-31(33(38)22-30)28-14-16-29(17-15-28)32-20-21-34(41-23-37)36(40)35(32)39/h2-3,14-22,24-27H,4-13,23,37H2,1H3/b3-2+. The van der Waals surface area contributed by atoms with Gasteiger partial charge in [0.15, 0.2) is 19.4 Å². The number of ether oxygens (including phenoxy) is 1. The van der Waals surface area contributed by atoms with Crippen LogP contribution in [0, 0.1) is 35.2 Å². The molecule has 1 nitrogen and oxygen atoms in total. The summed E-state index contributed by atoms with van der Waals surface area (Å²) >= 11 is 0. The van der Waals surface area contributed by atoms with Gasteiger partial charge in [-0.1, -0.05) is 61.4 Å². The molecule has 0 spiro atoms. The second-order valence-corrected chi connectivity index (χ2v) is 12.0. The van der Waals surface area contributed by atoms with Crippen molar-refractivity contribution in [1.82, 2.24) is 0 Å². The first-order valence-corrected chi connectivity index (χ1v) is 15.6. The molecule has 2 fully saturated rings. The van der Waals surface area contributed by atoms with Gasteiger partial charge in [-0.15, -0.1) is 0 Å². The fraction of sp³-hybridized carbons (Fsp3) is 0.444. The number of rotatable bonds is 9. The summed E-state index contributed by atoms with van der Waals surface area (Å²) in [6.45, 7) is 2.36. The van der Waals surface area contributed by atoms with E-state index in [4.69, 9.17) is 4.74 Å². The van der Waals surface area contributed by atoms with Gasteiger partial charge in [0, 0.05) is 11.1 Å². The zero-order valence-corrected chi connectivity index (χ0v) is 24.5. The molecule has 41 heavy (non-hydrogen) atoms. The SMILES string of the molecule is BCOc1ccc(-c2ccc(-c3ccc(C4CCC(C5CCC(CC/C=C/C)CC5)CC4)cc3F)cc2)c(F)c1F. The van der Waals surface area contributed by atoms with Gasteiger partial charge >= 0.3 is 0 Å². The molecule has 0 heterocycles. The smallest absolute Gasteiger partial charge is 0.201 e. The molecule has 0 aliphatic heterocycles. The summed E-state index contributed by atoms with van der Waals surface area (Å²) in [6.07, 6.45) is 17.4. The Labute approximate surface area is 244 Å². The van der Waals surface area contributed by atoms with Crippen LogP contribution in [0.25, 0.3) is 22.3 Å². The van der Waals surface area contributed by atoms with Gasteiger partial charge < -0.3 is 4.74 Å². The third-order valence-corrected chi connectivity index (χ3v) is 9.63. The molecule has 2 aliphatic carbocycles. The quantitative estimate of drug-likeness (QED) is 0.188. The zero-order chi connectivity index (χ0) is 28.8. The predicted octanol–water partition coefficient (Wildman–Crippen LogP) is 9.84. The first kappa shape index (κ1) is 29.5. The van der Waals surface area contributed by atoms with Crippen molar-refractivity contribution in [2.45, 2.75) is 77.0 Å². The van der Waals surface area contributed by atoms with Crippen LogP contribution in [0.15, 0.2) is 66.7 Å². The van der Waals surface area contributed by atoms with Crippen LogP contribution in [-0.4, -0.2) is 14.4 Å². The highest BCUT2D eigenvalue weighted by Gasteiger charge is 2.31. The highest BCUT2D eigenvalue weighted by atomic mass is 19.2. The third-order valence-electron chi connectivity index (χ3n) is 9.63. The third kappa shape index (κ3) is 6.93. The maximum absolute atomic E-state index is 15.3. The molecule has 0 saturated heterocycles. The normalized spacial score (nSPS) is 23.1. The van der Waals surface area contributed by atoms with E-state index in [9.17, 15) is 8.78 Å². The van der Waals surface area contributed by atoms with Gasteiger partial charge in [0.25, 0.3) is 0 Å². The van der Waals surface area contributed by atoms with Gasteiger partial charge in [0.2, 0.25) is 5.82 Å². The van der Waals surface area contributed by atoms with Gasteiger partial charge in [-0.3, -0.25) is 0 Å².